The maximum atomic E-state index is 4.42. The summed E-state index contributed by atoms with van der Waals surface area (Å²) >= 11 is 17.2. The van der Waals surface area contributed by atoms with Crippen molar-refractivity contribution < 1.29 is 0 Å². The molecule has 0 aromatic carbocycles. The Morgan fingerprint density at radius 3 is 1.93 bits per heavy atom. The molecule has 0 saturated heterocycles. The van der Waals surface area contributed by atoms with E-state index in [1.54, 1.807) is 0 Å². The topological polar surface area (TPSA) is 0 Å². The van der Waals surface area contributed by atoms with Gasteiger partial charge >= 0.3 is 0 Å². The fraction of sp³-hybridized carbons (Fsp3) is 1.00. The minimum Gasteiger partial charge on any atom is -0.173 e. The van der Waals surface area contributed by atoms with Crippen molar-refractivity contribution in [1.29, 1.82) is 0 Å². The molecular formula is C10H22S4. The highest BCUT2D eigenvalue weighted by atomic mass is 32.2. The quantitative estimate of drug-likeness (QED) is 0.279. The standard InChI is InChI=1S/C10H22S4/c1-2-3-4-5-6-7-8-9(11)10(12,13)14/h9,11-14H,2-8H2,1H3. The molecule has 0 aliphatic heterocycles. The van der Waals surface area contributed by atoms with Crippen molar-refractivity contribution in [2.75, 3.05) is 0 Å². The van der Waals surface area contributed by atoms with E-state index in [2.05, 4.69) is 57.4 Å². The Bertz CT molecular complexity index is 131. The van der Waals surface area contributed by atoms with Crippen LogP contribution in [0.15, 0.2) is 0 Å². The lowest BCUT2D eigenvalue weighted by molar-refractivity contribution is 0.586. The first kappa shape index (κ1) is 15.4. The molecule has 0 radical (unpaired) electrons. The van der Waals surface area contributed by atoms with E-state index in [1.807, 2.05) is 0 Å². The molecule has 0 nitrogen and oxygen atoms in total. The molecule has 0 aliphatic carbocycles. The lowest BCUT2D eigenvalue weighted by atomic mass is 10.1. The van der Waals surface area contributed by atoms with Crippen molar-refractivity contribution in [2.45, 2.75) is 60.5 Å². The van der Waals surface area contributed by atoms with E-state index < -0.39 is 3.41 Å². The van der Waals surface area contributed by atoms with Crippen molar-refractivity contribution in [3.05, 3.63) is 0 Å². The normalized spacial score (nSPS) is 14.4. The van der Waals surface area contributed by atoms with Crippen molar-refractivity contribution >= 4 is 50.5 Å². The number of rotatable bonds is 8. The summed E-state index contributed by atoms with van der Waals surface area (Å²) in [5, 5.41) is 0.156. The summed E-state index contributed by atoms with van der Waals surface area (Å²) < 4.78 is -0.549. The molecule has 0 N–H and O–H groups in total. The van der Waals surface area contributed by atoms with Gasteiger partial charge in [0.05, 0.1) is 0 Å². The third kappa shape index (κ3) is 8.69. The van der Waals surface area contributed by atoms with Crippen molar-refractivity contribution in [3.8, 4) is 0 Å². The second-order valence-electron chi connectivity index (χ2n) is 3.76. The van der Waals surface area contributed by atoms with Crippen molar-refractivity contribution in [3.63, 3.8) is 0 Å². The molecule has 0 aromatic heterocycles. The van der Waals surface area contributed by atoms with Gasteiger partial charge in [0.25, 0.3) is 0 Å². The summed E-state index contributed by atoms with van der Waals surface area (Å²) in [5.74, 6) is 0. The van der Waals surface area contributed by atoms with E-state index in [-0.39, 0.29) is 5.25 Å². The zero-order valence-electron chi connectivity index (χ0n) is 8.82. The van der Waals surface area contributed by atoms with Gasteiger partial charge in [-0.15, -0.1) is 0 Å². The molecule has 0 spiro atoms. The zero-order chi connectivity index (χ0) is 11.0. The molecule has 0 bridgehead atoms. The predicted molar refractivity (Wildman–Crippen MR) is 80.5 cm³/mol. The third-order valence-electron chi connectivity index (χ3n) is 2.28. The molecule has 86 valence electrons. The highest BCUT2D eigenvalue weighted by Crippen LogP contribution is 2.34. The second kappa shape index (κ2) is 8.54. The molecule has 0 aliphatic rings. The summed E-state index contributed by atoms with van der Waals surface area (Å²) in [4.78, 5) is 0. The van der Waals surface area contributed by atoms with Crippen LogP contribution in [0.5, 0.6) is 0 Å². The van der Waals surface area contributed by atoms with Crippen LogP contribution in [-0.2, 0) is 0 Å². The Kier molecular flexibility index (Phi) is 9.39. The maximum Gasteiger partial charge on any atom is 0.110 e. The van der Waals surface area contributed by atoms with Crippen molar-refractivity contribution in [1.82, 2.24) is 0 Å². The SMILES string of the molecule is CCCCCCCCC(S)C(S)(S)S. The maximum absolute atomic E-state index is 4.42. The van der Waals surface area contributed by atoms with Crippen LogP contribution in [0.3, 0.4) is 0 Å². The minimum absolute atomic E-state index is 0.156. The van der Waals surface area contributed by atoms with Crippen LogP contribution in [0.25, 0.3) is 0 Å². The third-order valence-corrected chi connectivity index (χ3v) is 4.47. The molecule has 0 amide bonds. The Morgan fingerprint density at radius 2 is 1.43 bits per heavy atom. The first-order valence-corrected chi connectivity index (χ1v) is 7.19. The molecule has 0 fully saturated rings. The summed E-state index contributed by atoms with van der Waals surface area (Å²) in [5.41, 5.74) is 0. The van der Waals surface area contributed by atoms with Gasteiger partial charge in [0.1, 0.15) is 3.41 Å². The predicted octanol–water partition coefficient (Wildman–Crippen LogP) is 4.48. The Labute approximate surface area is 111 Å². The Hall–Kier alpha value is 1.40. The fourth-order valence-electron chi connectivity index (χ4n) is 1.31. The summed E-state index contributed by atoms with van der Waals surface area (Å²) in [6.45, 7) is 2.24. The smallest absolute Gasteiger partial charge is 0.110 e. The highest BCUT2D eigenvalue weighted by molar-refractivity contribution is 8.18. The fourth-order valence-corrected chi connectivity index (χ4v) is 1.88. The molecule has 0 heterocycles. The van der Waals surface area contributed by atoms with E-state index in [9.17, 15) is 0 Å². The van der Waals surface area contributed by atoms with Crippen LogP contribution in [-0.4, -0.2) is 8.66 Å². The van der Waals surface area contributed by atoms with Crippen LogP contribution in [0.2, 0.25) is 0 Å². The van der Waals surface area contributed by atoms with Gasteiger partial charge in [-0.25, -0.2) is 0 Å². The van der Waals surface area contributed by atoms with E-state index in [0.717, 1.165) is 6.42 Å². The number of hydrogen-bond acceptors (Lipinski definition) is 4. The number of hydrogen-bond donors (Lipinski definition) is 4. The van der Waals surface area contributed by atoms with E-state index in [1.165, 1.54) is 38.5 Å². The Balaban J connectivity index is 3.28. The summed E-state index contributed by atoms with van der Waals surface area (Å²) in [6.07, 6.45) is 8.92. The highest BCUT2D eigenvalue weighted by Gasteiger charge is 2.23. The number of thiol groups is 4. The summed E-state index contributed by atoms with van der Waals surface area (Å²) in [6, 6.07) is 0. The molecule has 0 rings (SSSR count). The molecular weight excluding hydrogens is 248 g/mol. The molecule has 14 heavy (non-hydrogen) atoms. The van der Waals surface area contributed by atoms with Crippen LogP contribution in [0, 0.1) is 0 Å². The first-order chi connectivity index (χ1) is 6.48. The molecule has 1 atom stereocenters. The monoisotopic (exact) mass is 270 g/mol. The van der Waals surface area contributed by atoms with Gasteiger partial charge in [-0.2, -0.15) is 50.5 Å². The van der Waals surface area contributed by atoms with Crippen molar-refractivity contribution in [2.24, 2.45) is 0 Å². The van der Waals surface area contributed by atoms with Crippen LogP contribution >= 0.6 is 50.5 Å². The van der Waals surface area contributed by atoms with Gasteiger partial charge < -0.3 is 0 Å². The lowest BCUT2D eigenvalue weighted by Crippen LogP contribution is -2.19. The van der Waals surface area contributed by atoms with E-state index in [0.29, 0.717) is 0 Å². The van der Waals surface area contributed by atoms with Crippen LogP contribution in [0.1, 0.15) is 51.9 Å². The van der Waals surface area contributed by atoms with Gasteiger partial charge in [-0.3, -0.25) is 0 Å². The Morgan fingerprint density at radius 1 is 0.929 bits per heavy atom. The van der Waals surface area contributed by atoms with E-state index >= 15 is 0 Å². The lowest BCUT2D eigenvalue weighted by Gasteiger charge is -2.23. The second-order valence-corrected chi connectivity index (χ2v) is 7.56. The van der Waals surface area contributed by atoms with Gasteiger partial charge in [0.15, 0.2) is 0 Å². The minimum atomic E-state index is -0.549. The molecule has 0 aromatic rings. The van der Waals surface area contributed by atoms with Gasteiger partial charge in [0.2, 0.25) is 0 Å². The van der Waals surface area contributed by atoms with Crippen LogP contribution < -0.4 is 0 Å². The average Bonchev–Trinajstić information content (AvgIpc) is 2.09. The van der Waals surface area contributed by atoms with Gasteiger partial charge in [-0.1, -0.05) is 45.4 Å². The average molecular weight is 271 g/mol. The summed E-state index contributed by atoms with van der Waals surface area (Å²) in [7, 11) is 0. The van der Waals surface area contributed by atoms with Gasteiger partial charge in [-0.05, 0) is 6.42 Å². The van der Waals surface area contributed by atoms with Crippen LogP contribution in [0.4, 0.5) is 0 Å². The molecule has 4 heteroatoms. The molecule has 0 saturated carbocycles. The number of unbranched alkanes of at least 4 members (excludes halogenated alkanes) is 5. The van der Waals surface area contributed by atoms with Gasteiger partial charge in [0, 0.05) is 5.25 Å². The first-order valence-electron chi connectivity index (χ1n) is 5.33. The molecule has 1 unspecified atom stereocenters. The zero-order valence-corrected chi connectivity index (χ0v) is 12.4. The largest absolute Gasteiger partial charge is 0.173 e. The van der Waals surface area contributed by atoms with E-state index in [4.69, 9.17) is 0 Å².